The zero-order valence-corrected chi connectivity index (χ0v) is 19.1. The molecule has 0 radical (unpaired) electrons. The summed E-state index contributed by atoms with van der Waals surface area (Å²) in [7, 11) is 1.67. The van der Waals surface area contributed by atoms with Gasteiger partial charge in [-0.3, -0.25) is 4.79 Å². The van der Waals surface area contributed by atoms with Crippen LogP contribution in [0, 0.1) is 0 Å². The minimum atomic E-state index is -0.564. The molecule has 1 aliphatic heterocycles. The number of nitrogens with one attached hydrogen (secondary N) is 1. The summed E-state index contributed by atoms with van der Waals surface area (Å²) in [5.74, 6) is 0.102. The predicted octanol–water partition coefficient (Wildman–Crippen LogP) is 4.35. The van der Waals surface area contributed by atoms with Gasteiger partial charge in [-0.15, -0.1) is 0 Å². The highest BCUT2D eigenvalue weighted by molar-refractivity contribution is 6.34. The molecule has 31 heavy (non-hydrogen) atoms. The van der Waals surface area contributed by atoms with Gasteiger partial charge in [-0.25, -0.2) is 14.8 Å². The minimum Gasteiger partial charge on any atom is -0.444 e. The number of carbonyl (C=O) groups excluding carboxylic acids is 2. The van der Waals surface area contributed by atoms with Gasteiger partial charge in [-0.2, -0.15) is 0 Å². The Balaban J connectivity index is 1.69. The first-order valence-corrected chi connectivity index (χ1v) is 10.6. The molecular formula is C22H28ClN5O3. The topological polar surface area (TPSA) is 87.7 Å². The normalized spacial score (nSPS) is 13.8. The van der Waals surface area contributed by atoms with Crippen LogP contribution >= 0.6 is 11.6 Å². The van der Waals surface area contributed by atoms with E-state index in [0.29, 0.717) is 18.2 Å². The Morgan fingerprint density at radius 3 is 2.65 bits per heavy atom. The fraction of sp³-hybridized carbons (Fsp3) is 0.455. The van der Waals surface area contributed by atoms with Crippen molar-refractivity contribution in [2.45, 2.75) is 45.8 Å². The van der Waals surface area contributed by atoms with Gasteiger partial charge in [0.05, 0.1) is 11.2 Å². The van der Waals surface area contributed by atoms with Gasteiger partial charge in [0.25, 0.3) is 5.91 Å². The number of ether oxygens (including phenoxy) is 1. The van der Waals surface area contributed by atoms with Crippen LogP contribution in [-0.2, 0) is 11.3 Å². The number of benzene rings is 1. The Bertz CT molecular complexity index is 954. The van der Waals surface area contributed by atoms with Crippen molar-refractivity contribution in [3.05, 3.63) is 46.7 Å². The molecule has 1 saturated heterocycles. The molecule has 2 heterocycles. The zero-order chi connectivity index (χ0) is 22.6. The van der Waals surface area contributed by atoms with Gasteiger partial charge < -0.3 is 19.9 Å². The summed E-state index contributed by atoms with van der Waals surface area (Å²) in [6.45, 7) is 7.55. The first-order valence-electron chi connectivity index (χ1n) is 10.2. The maximum atomic E-state index is 12.8. The van der Waals surface area contributed by atoms with E-state index in [1.807, 2.05) is 37.8 Å². The van der Waals surface area contributed by atoms with E-state index in [1.165, 1.54) is 11.1 Å². The van der Waals surface area contributed by atoms with Gasteiger partial charge in [0, 0.05) is 32.4 Å². The van der Waals surface area contributed by atoms with Crippen LogP contribution in [-0.4, -0.2) is 52.6 Å². The van der Waals surface area contributed by atoms with Crippen molar-refractivity contribution in [2.75, 3.05) is 30.4 Å². The standard InChI is InChI=1S/C22H28ClN5O3/c1-22(2,3)31-21(30)27(4)14-15-8-7-9-16(12-15)25-19(29)18-17(23)13-24-20(26-18)28-10-5-6-11-28/h7-9,12-13H,5-6,10-11,14H2,1-4H3,(H,25,29). The van der Waals surface area contributed by atoms with Gasteiger partial charge >= 0.3 is 6.09 Å². The molecule has 0 saturated carbocycles. The third-order valence-corrected chi connectivity index (χ3v) is 4.92. The maximum Gasteiger partial charge on any atom is 0.410 e. The number of amides is 2. The number of hydrogen-bond acceptors (Lipinski definition) is 6. The maximum absolute atomic E-state index is 12.8. The lowest BCUT2D eigenvalue weighted by atomic mass is 10.2. The molecule has 8 nitrogen and oxygen atoms in total. The van der Waals surface area contributed by atoms with Gasteiger partial charge in [-0.05, 0) is 51.3 Å². The largest absolute Gasteiger partial charge is 0.444 e. The Labute approximate surface area is 187 Å². The van der Waals surface area contributed by atoms with Crippen LogP contribution in [0.5, 0.6) is 0 Å². The molecule has 0 unspecified atom stereocenters. The van der Waals surface area contributed by atoms with Crippen LogP contribution < -0.4 is 10.2 Å². The highest BCUT2D eigenvalue weighted by Gasteiger charge is 2.21. The Kier molecular flexibility index (Phi) is 7.00. The van der Waals surface area contributed by atoms with Crippen molar-refractivity contribution in [3.8, 4) is 0 Å². The molecule has 0 bridgehead atoms. The minimum absolute atomic E-state index is 0.134. The molecule has 1 aliphatic rings. The summed E-state index contributed by atoms with van der Waals surface area (Å²) in [5.41, 5.74) is 0.997. The highest BCUT2D eigenvalue weighted by Crippen LogP contribution is 2.21. The monoisotopic (exact) mass is 445 g/mol. The van der Waals surface area contributed by atoms with Crippen LogP contribution in [0.25, 0.3) is 0 Å². The summed E-state index contributed by atoms with van der Waals surface area (Å²) in [6.07, 6.45) is 3.21. The molecule has 0 atom stereocenters. The Hall–Kier alpha value is -2.87. The van der Waals surface area contributed by atoms with Crippen LogP contribution in [0.4, 0.5) is 16.4 Å². The van der Waals surface area contributed by atoms with E-state index in [1.54, 1.807) is 19.2 Å². The van der Waals surface area contributed by atoms with Crippen molar-refractivity contribution < 1.29 is 14.3 Å². The molecule has 9 heteroatoms. The van der Waals surface area contributed by atoms with Crippen LogP contribution in [0.3, 0.4) is 0 Å². The Morgan fingerprint density at radius 2 is 1.97 bits per heavy atom. The summed E-state index contributed by atoms with van der Waals surface area (Å²) in [4.78, 5) is 37.2. The molecule has 1 aromatic carbocycles. The second-order valence-electron chi connectivity index (χ2n) is 8.55. The molecule has 0 spiro atoms. The molecule has 166 valence electrons. The van der Waals surface area contributed by atoms with Crippen molar-refractivity contribution >= 4 is 35.2 Å². The molecule has 0 aliphatic carbocycles. The second-order valence-corrected chi connectivity index (χ2v) is 8.96. The lowest BCUT2D eigenvalue weighted by Crippen LogP contribution is -2.33. The van der Waals surface area contributed by atoms with Crippen LogP contribution in [0.1, 0.15) is 49.7 Å². The van der Waals surface area contributed by atoms with E-state index in [2.05, 4.69) is 15.3 Å². The molecule has 1 fully saturated rings. The molecule has 3 rings (SSSR count). The lowest BCUT2D eigenvalue weighted by Gasteiger charge is -2.24. The van der Waals surface area contributed by atoms with Gasteiger partial charge in [0.1, 0.15) is 5.60 Å². The van der Waals surface area contributed by atoms with Crippen molar-refractivity contribution in [1.82, 2.24) is 14.9 Å². The summed E-state index contributed by atoms with van der Waals surface area (Å²) in [5, 5.41) is 3.03. The number of carbonyl (C=O) groups is 2. The first-order chi connectivity index (χ1) is 14.6. The molecule has 2 amide bonds. The fourth-order valence-corrected chi connectivity index (χ4v) is 3.38. The summed E-state index contributed by atoms with van der Waals surface area (Å²) in [6, 6.07) is 7.26. The van der Waals surface area contributed by atoms with Crippen molar-refractivity contribution in [1.29, 1.82) is 0 Å². The van der Waals surface area contributed by atoms with Gasteiger partial charge in [-0.1, -0.05) is 23.7 Å². The van der Waals surface area contributed by atoms with E-state index in [4.69, 9.17) is 16.3 Å². The van der Waals surface area contributed by atoms with Crippen molar-refractivity contribution in [3.63, 3.8) is 0 Å². The number of anilines is 2. The van der Waals surface area contributed by atoms with Gasteiger partial charge in [0.15, 0.2) is 5.69 Å². The number of hydrogen-bond donors (Lipinski definition) is 1. The Morgan fingerprint density at radius 1 is 1.26 bits per heavy atom. The molecule has 2 aromatic rings. The number of rotatable bonds is 5. The van der Waals surface area contributed by atoms with E-state index in [-0.39, 0.29) is 10.7 Å². The van der Waals surface area contributed by atoms with Crippen LogP contribution in [0.2, 0.25) is 5.02 Å². The molecule has 1 aromatic heterocycles. The lowest BCUT2D eigenvalue weighted by molar-refractivity contribution is 0.0285. The predicted molar refractivity (Wildman–Crippen MR) is 121 cm³/mol. The highest BCUT2D eigenvalue weighted by atomic mass is 35.5. The van der Waals surface area contributed by atoms with E-state index in [9.17, 15) is 9.59 Å². The van der Waals surface area contributed by atoms with E-state index < -0.39 is 17.6 Å². The first kappa shape index (κ1) is 22.8. The number of nitrogens with zero attached hydrogens (tertiary/aromatic N) is 4. The fourth-order valence-electron chi connectivity index (χ4n) is 3.20. The zero-order valence-electron chi connectivity index (χ0n) is 18.3. The molecule has 1 N–H and O–H groups in total. The second kappa shape index (κ2) is 9.51. The number of aromatic nitrogens is 2. The summed E-state index contributed by atoms with van der Waals surface area (Å²) < 4.78 is 5.38. The quantitative estimate of drug-likeness (QED) is 0.736. The van der Waals surface area contributed by atoms with E-state index in [0.717, 1.165) is 31.5 Å². The van der Waals surface area contributed by atoms with Crippen molar-refractivity contribution in [2.24, 2.45) is 0 Å². The third-order valence-electron chi connectivity index (χ3n) is 4.65. The van der Waals surface area contributed by atoms with Crippen LogP contribution in [0.15, 0.2) is 30.5 Å². The van der Waals surface area contributed by atoms with Gasteiger partial charge in [0.2, 0.25) is 5.95 Å². The average molecular weight is 446 g/mol. The number of halogens is 1. The van der Waals surface area contributed by atoms with E-state index >= 15 is 0 Å². The summed E-state index contributed by atoms with van der Waals surface area (Å²) >= 11 is 6.19. The third kappa shape index (κ3) is 6.30. The molecular weight excluding hydrogens is 418 g/mol. The smallest absolute Gasteiger partial charge is 0.410 e. The average Bonchev–Trinajstić information content (AvgIpc) is 3.22. The SMILES string of the molecule is CN(Cc1cccc(NC(=O)c2nc(N3CCCC3)ncc2Cl)c1)C(=O)OC(C)(C)C.